The van der Waals surface area contributed by atoms with Crippen LogP contribution in [0, 0.1) is 10.1 Å². The molecule has 1 fully saturated rings. The number of β-amino-alcohol motifs (C(OH)–C–C–N with tert-alkyl or cyclic N) is 1. The number of hydrogen-bond acceptors (Lipinski definition) is 9. The maximum Gasteiger partial charge on any atom is 0.269 e. The molecule has 0 spiro atoms. The number of nitrogens with two attached hydrogens (primary N) is 2. The van der Waals surface area contributed by atoms with E-state index < -0.39 is 59.2 Å². The van der Waals surface area contributed by atoms with Gasteiger partial charge in [-0.15, -0.1) is 0 Å². The van der Waals surface area contributed by atoms with Gasteiger partial charge in [0.2, 0.25) is 17.7 Å². The maximum atomic E-state index is 12.9. The van der Waals surface area contributed by atoms with Crippen LogP contribution in [0.15, 0.2) is 60.7 Å². The zero-order chi connectivity index (χ0) is 29.9. The van der Waals surface area contributed by atoms with Gasteiger partial charge in [-0.1, -0.05) is 30.3 Å². The Morgan fingerprint density at radius 3 is 2.44 bits per heavy atom. The van der Waals surface area contributed by atoms with Crippen molar-refractivity contribution in [3.63, 3.8) is 0 Å². The fourth-order valence-corrected chi connectivity index (χ4v) is 4.58. The lowest BCUT2D eigenvalue weighted by atomic mass is 9.99. The molecular formula is C28H34N6O7. The van der Waals surface area contributed by atoms with E-state index in [-0.39, 0.29) is 18.7 Å². The van der Waals surface area contributed by atoms with E-state index in [0.717, 1.165) is 18.1 Å². The number of carbonyl (C=O) groups is 4. The third kappa shape index (κ3) is 9.60. The number of benzene rings is 2. The van der Waals surface area contributed by atoms with Gasteiger partial charge in [0.1, 0.15) is 0 Å². The number of non-ortho nitro benzene ring substituents is 1. The minimum absolute atomic E-state index is 0.0986. The third-order valence-corrected chi connectivity index (χ3v) is 6.74. The van der Waals surface area contributed by atoms with Crippen LogP contribution < -0.4 is 22.1 Å². The molecule has 41 heavy (non-hydrogen) atoms. The minimum Gasteiger partial charge on any atom is -0.390 e. The van der Waals surface area contributed by atoms with Crippen LogP contribution >= 0.6 is 0 Å². The average Bonchev–Trinajstić information content (AvgIpc) is 3.40. The first-order valence-electron chi connectivity index (χ1n) is 13.1. The third-order valence-electron chi connectivity index (χ3n) is 6.74. The van der Waals surface area contributed by atoms with E-state index in [9.17, 15) is 34.4 Å². The summed E-state index contributed by atoms with van der Waals surface area (Å²) in [5.74, 6) is -2.70. The van der Waals surface area contributed by atoms with Gasteiger partial charge in [0.15, 0.2) is 0 Å². The van der Waals surface area contributed by atoms with E-state index in [1.165, 1.54) is 30.3 Å². The minimum atomic E-state index is -1.31. The Kier molecular flexibility index (Phi) is 11.2. The number of imide groups is 1. The summed E-state index contributed by atoms with van der Waals surface area (Å²) in [6.07, 6.45) is 2.52. The average molecular weight is 567 g/mol. The molecule has 13 nitrogen and oxygen atoms in total. The standard InChI is InChI=1S/C28H34N6O7/c29-21(16-26(37)32-25(36)13-10-18-8-11-20(12-9-18)34(40)41)28(39)31-22(15-19-5-2-1-3-6-19)24(35)17-33-14-4-7-23(33)27(30)38/h1-3,5-6,8-13,21-24,35H,4,7,14-17,29H2,(H2,30,38)(H,31,39)(H,32,36,37)/b13-10+/t21-,22?,23-,24?/m0/s1. The van der Waals surface area contributed by atoms with Crippen LogP contribution in [-0.4, -0.2) is 75.9 Å². The number of nitro benzene ring substituents is 1. The largest absolute Gasteiger partial charge is 0.390 e. The Hall–Kier alpha value is -4.46. The number of rotatable bonds is 13. The van der Waals surface area contributed by atoms with E-state index in [2.05, 4.69) is 10.6 Å². The van der Waals surface area contributed by atoms with Crippen molar-refractivity contribution in [2.24, 2.45) is 11.5 Å². The van der Waals surface area contributed by atoms with E-state index in [1.54, 1.807) is 4.90 Å². The molecular weight excluding hydrogens is 532 g/mol. The first kappa shape index (κ1) is 31.1. The number of carbonyl (C=O) groups excluding carboxylic acids is 4. The van der Waals surface area contributed by atoms with Crippen molar-refractivity contribution in [1.82, 2.24) is 15.5 Å². The van der Waals surface area contributed by atoms with E-state index in [4.69, 9.17) is 11.5 Å². The van der Waals surface area contributed by atoms with Crippen LogP contribution in [0.2, 0.25) is 0 Å². The summed E-state index contributed by atoms with van der Waals surface area (Å²) in [7, 11) is 0. The lowest BCUT2D eigenvalue weighted by molar-refractivity contribution is -0.384. The number of aliphatic hydroxyl groups excluding tert-OH is 1. The summed E-state index contributed by atoms with van der Waals surface area (Å²) >= 11 is 0. The molecule has 1 aliphatic rings. The van der Waals surface area contributed by atoms with Crippen LogP contribution in [0.5, 0.6) is 0 Å². The fourth-order valence-electron chi connectivity index (χ4n) is 4.58. The monoisotopic (exact) mass is 566 g/mol. The molecule has 1 heterocycles. The highest BCUT2D eigenvalue weighted by Crippen LogP contribution is 2.19. The highest BCUT2D eigenvalue weighted by atomic mass is 16.6. The van der Waals surface area contributed by atoms with Gasteiger partial charge in [-0.05, 0) is 55.1 Å². The van der Waals surface area contributed by atoms with Crippen molar-refractivity contribution >= 4 is 35.4 Å². The molecule has 13 heteroatoms. The van der Waals surface area contributed by atoms with Gasteiger partial charge in [-0.2, -0.15) is 0 Å². The van der Waals surface area contributed by atoms with Gasteiger partial charge >= 0.3 is 0 Å². The van der Waals surface area contributed by atoms with Crippen LogP contribution in [0.3, 0.4) is 0 Å². The van der Waals surface area contributed by atoms with Gasteiger partial charge in [-0.3, -0.25) is 39.5 Å². The molecule has 0 aliphatic carbocycles. The first-order valence-corrected chi connectivity index (χ1v) is 13.1. The fraction of sp³-hybridized carbons (Fsp3) is 0.357. The molecule has 7 N–H and O–H groups in total. The molecule has 0 saturated carbocycles. The van der Waals surface area contributed by atoms with Crippen molar-refractivity contribution < 1.29 is 29.2 Å². The Bertz CT molecular complexity index is 1270. The van der Waals surface area contributed by atoms with Gasteiger partial charge in [0, 0.05) is 24.8 Å². The molecule has 4 atom stereocenters. The molecule has 0 bridgehead atoms. The highest BCUT2D eigenvalue weighted by Gasteiger charge is 2.33. The summed E-state index contributed by atoms with van der Waals surface area (Å²) in [5, 5.41) is 26.6. The number of nitrogens with zero attached hydrogens (tertiary/aromatic N) is 2. The molecule has 0 radical (unpaired) electrons. The quantitative estimate of drug-likeness (QED) is 0.125. The summed E-state index contributed by atoms with van der Waals surface area (Å²) in [4.78, 5) is 61.1. The van der Waals surface area contributed by atoms with E-state index in [0.29, 0.717) is 18.5 Å². The van der Waals surface area contributed by atoms with Crippen LogP contribution in [0.25, 0.3) is 6.08 Å². The second-order valence-electron chi connectivity index (χ2n) is 9.83. The summed E-state index contributed by atoms with van der Waals surface area (Å²) in [6, 6.07) is 12.1. The molecule has 2 unspecified atom stereocenters. The van der Waals surface area contributed by atoms with E-state index in [1.807, 2.05) is 30.3 Å². The summed E-state index contributed by atoms with van der Waals surface area (Å²) in [5.41, 5.74) is 12.7. The Morgan fingerprint density at radius 2 is 1.80 bits per heavy atom. The maximum absolute atomic E-state index is 12.9. The van der Waals surface area contributed by atoms with Crippen molar-refractivity contribution in [3.05, 3.63) is 81.9 Å². The number of hydrogen-bond donors (Lipinski definition) is 5. The van der Waals surface area contributed by atoms with Crippen molar-refractivity contribution in [2.45, 2.75) is 49.9 Å². The van der Waals surface area contributed by atoms with Gasteiger partial charge < -0.3 is 21.9 Å². The Balaban J connectivity index is 1.56. The Morgan fingerprint density at radius 1 is 1.12 bits per heavy atom. The van der Waals surface area contributed by atoms with Crippen molar-refractivity contribution in [2.75, 3.05) is 13.1 Å². The van der Waals surface area contributed by atoms with Gasteiger partial charge in [-0.25, -0.2) is 0 Å². The predicted molar refractivity (Wildman–Crippen MR) is 150 cm³/mol. The molecule has 2 aromatic carbocycles. The first-order chi connectivity index (χ1) is 19.5. The summed E-state index contributed by atoms with van der Waals surface area (Å²) in [6.45, 7) is 0.694. The normalized spacial score (nSPS) is 17.5. The predicted octanol–water partition coefficient (Wildman–Crippen LogP) is 0.00630. The molecule has 218 valence electrons. The number of nitrogens with one attached hydrogen (secondary N) is 2. The van der Waals surface area contributed by atoms with Crippen molar-refractivity contribution in [1.29, 1.82) is 0 Å². The number of primary amides is 1. The lowest BCUT2D eigenvalue weighted by Gasteiger charge is -2.30. The second-order valence-corrected chi connectivity index (χ2v) is 9.83. The summed E-state index contributed by atoms with van der Waals surface area (Å²) < 4.78 is 0. The zero-order valence-electron chi connectivity index (χ0n) is 22.3. The van der Waals surface area contributed by atoms with Crippen LogP contribution in [0.1, 0.15) is 30.4 Å². The molecule has 1 aliphatic heterocycles. The highest BCUT2D eigenvalue weighted by molar-refractivity contribution is 6.04. The lowest BCUT2D eigenvalue weighted by Crippen LogP contribution is -2.55. The SMILES string of the molecule is NC(=O)[C@@H]1CCCN1CC(O)C(Cc1ccccc1)NC(=O)[C@@H](N)CC(=O)NC(=O)/C=C/c1ccc([N+](=O)[O-])cc1. The van der Waals surface area contributed by atoms with Crippen molar-refractivity contribution in [3.8, 4) is 0 Å². The molecule has 4 amide bonds. The molecule has 3 rings (SSSR count). The molecule has 2 aromatic rings. The second kappa shape index (κ2) is 14.8. The molecule has 0 aromatic heterocycles. The van der Waals surface area contributed by atoms with Gasteiger partial charge in [0.05, 0.1) is 35.6 Å². The van der Waals surface area contributed by atoms with Gasteiger partial charge in [0.25, 0.3) is 11.6 Å². The number of likely N-dealkylation sites (tertiary alicyclic amines) is 1. The zero-order valence-corrected chi connectivity index (χ0v) is 22.3. The number of amides is 4. The van der Waals surface area contributed by atoms with E-state index >= 15 is 0 Å². The number of aliphatic hydroxyl groups is 1. The van der Waals surface area contributed by atoms with Crippen LogP contribution in [0.4, 0.5) is 5.69 Å². The smallest absolute Gasteiger partial charge is 0.269 e. The number of nitro groups is 1. The Labute approximate surface area is 236 Å². The van der Waals surface area contributed by atoms with Crippen LogP contribution in [-0.2, 0) is 25.6 Å². The molecule has 1 saturated heterocycles. The topological polar surface area (TPSA) is 211 Å².